The largest absolute Gasteiger partial charge is 0.478 e. The van der Waals surface area contributed by atoms with Crippen molar-refractivity contribution in [3.05, 3.63) is 59.3 Å². The van der Waals surface area contributed by atoms with Gasteiger partial charge in [-0.25, -0.2) is 4.79 Å². The minimum atomic E-state index is -0.852. The predicted molar refractivity (Wildman–Crippen MR) is 152 cm³/mol. The average molecular weight is 498 g/mol. The van der Waals surface area contributed by atoms with Gasteiger partial charge in [0.25, 0.3) is 0 Å². The van der Waals surface area contributed by atoms with Gasteiger partial charge in [0.05, 0.1) is 16.8 Å². The smallest absolute Gasteiger partial charge is 0.335 e. The number of carboxylic acid groups (broad SMARTS) is 1. The maximum Gasteiger partial charge on any atom is 0.335 e. The molecule has 0 atom stereocenters. The van der Waals surface area contributed by atoms with Crippen LogP contribution in [0, 0.1) is 0 Å². The van der Waals surface area contributed by atoms with E-state index in [1.165, 1.54) is 70.8 Å². The molecule has 0 amide bonds. The third-order valence-corrected chi connectivity index (χ3v) is 8.56. The first-order valence-electron chi connectivity index (χ1n) is 14.3. The van der Waals surface area contributed by atoms with E-state index in [1.54, 1.807) is 6.07 Å². The molecule has 0 radical (unpaired) electrons. The second-order valence-corrected chi connectivity index (χ2v) is 11.4. The summed E-state index contributed by atoms with van der Waals surface area (Å²) in [5.41, 5.74) is 8.38. The quantitative estimate of drug-likeness (QED) is 0.263. The van der Waals surface area contributed by atoms with Gasteiger partial charge in [-0.05, 0) is 67.8 Å². The number of carboxylic acids is 1. The number of aryl methyl sites for hydroxylation is 3. The third-order valence-electron chi connectivity index (χ3n) is 8.56. The normalized spacial score (nSPS) is 16.3. The summed E-state index contributed by atoms with van der Waals surface area (Å²) < 4.78 is 4.97. The van der Waals surface area contributed by atoms with E-state index in [0.717, 1.165) is 44.4 Å². The molecular formula is C32H39N3O2. The summed E-state index contributed by atoms with van der Waals surface area (Å²) in [6.07, 6.45) is 12.0. The molecule has 6 rings (SSSR count). The van der Waals surface area contributed by atoms with Gasteiger partial charge in [0.2, 0.25) is 0 Å². The standard InChI is InChI=1S/C32H39N3O2/c1-21(2)33-16-7-11-24-20-34-17-8-18-35-28-19-23(32(36)37)14-15-26(28)29(22-9-4-3-5-10-22)31(35)27-13-6-12-25(24)30(27)34/h6,12-15,19-22,33H,3-5,7-11,16-18H2,1-2H3,(H,36,37). The van der Waals surface area contributed by atoms with E-state index in [-0.39, 0.29) is 0 Å². The molecular weight excluding hydrogens is 458 g/mol. The fourth-order valence-electron chi connectivity index (χ4n) is 6.91. The molecule has 2 aromatic heterocycles. The fourth-order valence-corrected chi connectivity index (χ4v) is 6.91. The molecule has 194 valence electrons. The van der Waals surface area contributed by atoms with Crippen LogP contribution in [0.4, 0.5) is 0 Å². The second kappa shape index (κ2) is 10.0. The maximum absolute atomic E-state index is 11.9. The number of aromatic carboxylic acids is 1. The predicted octanol–water partition coefficient (Wildman–Crippen LogP) is 7.34. The van der Waals surface area contributed by atoms with Crippen molar-refractivity contribution in [2.24, 2.45) is 0 Å². The second-order valence-electron chi connectivity index (χ2n) is 11.4. The Kier molecular flexibility index (Phi) is 6.58. The zero-order valence-corrected chi connectivity index (χ0v) is 22.2. The highest BCUT2D eigenvalue weighted by Crippen LogP contribution is 2.47. The fraction of sp³-hybridized carbons (Fsp3) is 0.469. The first-order valence-corrected chi connectivity index (χ1v) is 14.3. The lowest BCUT2D eigenvalue weighted by Gasteiger charge is -2.25. The van der Waals surface area contributed by atoms with E-state index in [2.05, 4.69) is 58.8 Å². The number of aromatic nitrogens is 2. The van der Waals surface area contributed by atoms with Gasteiger partial charge < -0.3 is 19.6 Å². The van der Waals surface area contributed by atoms with Crippen LogP contribution in [0.25, 0.3) is 33.1 Å². The molecule has 5 heteroatoms. The van der Waals surface area contributed by atoms with Crippen LogP contribution in [0.2, 0.25) is 0 Å². The number of nitrogens with one attached hydrogen (secondary N) is 1. The third kappa shape index (κ3) is 4.37. The Morgan fingerprint density at radius 2 is 1.89 bits per heavy atom. The Bertz CT molecular complexity index is 1450. The van der Waals surface area contributed by atoms with Crippen LogP contribution in [0.5, 0.6) is 0 Å². The van der Waals surface area contributed by atoms with Crippen LogP contribution in [-0.4, -0.2) is 32.8 Å². The number of nitrogens with zero attached hydrogens (tertiary/aromatic N) is 2. The van der Waals surface area contributed by atoms with Gasteiger partial charge in [0.15, 0.2) is 0 Å². The molecule has 2 aromatic carbocycles. The monoisotopic (exact) mass is 497 g/mol. The molecule has 37 heavy (non-hydrogen) atoms. The van der Waals surface area contributed by atoms with Gasteiger partial charge in [-0.2, -0.15) is 0 Å². The highest BCUT2D eigenvalue weighted by Gasteiger charge is 2.29. The summed E-state index contributed by atoms with van der Waals surface area (Å²) >= 11 is 0. The van der Waals surface area contributed by atoms with Crippen molar-refractivity contribution in [1.82, 2.24) is 14.5 Å². The summed E-state index contributed by atoms with van der Waals surface area (Å²) in [7, 11) is 0. The molecule has 1 saturated carbocycles. The molecule has 1 aliphatic heterocycles. The first kappa shape index (κ1) is 24.3. The number of hydrogen-bond donors (Lipinski definition) is 2. The molecule has 0 saturated heterocycles. The SMILES string of the molecule is CC(C)NCCCc1cn2c3c(cccc13)-c1c(C3CCCCC3)c3ccc(C(=O)O)cc3n1CCC2. The zero-order valence-electron chi connectivity index (χ0n) is 22.2. The van der Waals surface area contributed by atoms with Crippen molar-refractivity contribution in [2.75, 3.05) is 6.54 Å². The minimum absolute atomic E-state index is 0.379. The summed E-state index contributed by atoms with van der Waals surface area (Å²) in [4.78, 5) is 11.9. The lowest BCUT2D eigenvalue weighted by Crippen LogP contribution is -2.23. The van der Waals surface area contributed by atoms with Gasteiger partial charge in [-0.3, -0.25) is 0 Å². The summed E-state index contributed by atoms with van der Waals surface area (Å²) in [5.74, 6) is -0.321. The van der Waals surface area contributed by atoms with Crippen molar-refractivity contribution in [2.45, 2.75) is 90.3 Å². The average Bonchev–Trinajstić information content (AvgIpc) is 3.41. The molecule has 1 fully saturated rings. The number of hydrogen-bond acceptors (Lipinski definition) is 2. The Balaban J connectivity index is 1.55. The highest BCUT2D eigenvalue weighted by molar-refractivity contribution is 6.03. The lowest BCUT2D eigenvalue weighted by atomic mass is 9.81. The van der Waals surface area contributed by atoms with E-state index in [9.17, 15) is 9.90 Å². The highest BCUT2D eigenvalue weighted by atomic mass is 16.4. The van der Waals surface area contributed by atoms with Crippen LogP contribution in [0.3, 0.4) is 0 Å². The topological polar surface area (TPSA) is 59.2 Å². The van der Waals surface area contributed by atoms with Gasteiger partial charge >= 0.3 is 5.97 Å². The molecule has 0 unspecified atom stereocenters. The molecule has 5 nitrogen and oxygen atoms in total. The van der Waals surface area contributed by atoms with Crippen molar-refractivity contribution < 1.29 is 9.90 Å². The van der Waals surface area contributed by atoms with Crippen LogP contribution in [-0.2, 0) is 19.5 Å². The zero-order chi connectivity index (χ0) is 25.5. The van der Waals surface area contributed by atoms with Gasteiger partial charge in [0.1, 0.15) is 0 Å². The molecule has 0 spiro atoms. The summed E-state index contributed by atoms with van der Waals surface area (Å²) in [6, 6.07) is 13.2. The van der Waals surface area contributed by atoms with E-state index in [0.29, 0.717) is 17.5 Å². The Morgan fingerprint density at radius 1 is 1.05 bits per heavy atom. The molecule has 0 bridgehead atoms. The first-order chi connectivity index (χ1) is 18.0. The van der Waals surface area contributed by atoms with Gasteiger partial charge in [-0.15, -0.1) is 0 Å². The molecule has 2 N–H and O–H groups in total. The minimum Gasteiger partial charge on any atom is -0.478 e. The maximum atomic E-state index is 11.9. The summed E-state index contributed by atoms with van der Waals surface area (Å²) in [5, 5.41) is 16.0. The Labute approximate surface area is 219 Å². The van der Waals surface area contributed by atoms with Crippen molar-refractivity contribution in [3.63, 3.8) is 0 Å². The van der Waals surface area contributed by atoms with Crippen molar-refractivity contribution in [1.29, 1.82) is 0 Å². The van der Waals surface area contributed by atoms with Crippen LogP contribution in [0.15, 0.2) is 42.6 Å². The van der Waals surface area contributed by atoms with Gasteiger partial charge in [0, 0.05) is 47.2 Å². The van der Waals surface area contributed by atoms with Gasteiger partial charge in [-0.1, -0.05) is 57.4 Å². The molecule has 3 heterocycles. The molecule has 1 aliphatic carbocycles. The van der Waals surface area contributed by atoms with Crippen LogP contribution < -0.4 is 5.32 Å². The van der Waals surface area contributed by atoms with E-state index >= 15 is 0 Å². The lowest BCUT2D eigenvalue weighted by molar-refractivity contribution is 0.0697. The summed E-state index contributed by atoms with van der Waals surface area (Å²) in [6.45, 7) is 7.33. The van der Waals surface area contributed by atoms with Crippen LogP contribution in [0.1, 0.15) is 86.2 Å². The Morgan fingerprint density at radius 3 is 2.68 bits per heavy atom. The number of rotatable bonds is 7. The van der Waals surface area contributed by atoms with E-state index in [4.69, 9.17) is 0 Å². The number of para-hydroxylation sites is 1. The van der Waals surface area contributed by atoms with Crippen molar-refractivity contribution in [3.8, 4) is 11.3 Å². The van der Waals surface area contributed by atoms with E-state index < -0.39 is 5.97 Å². The van der Waals surface area contributed by atoms with Crippen LogP contribution >= 0.6 is 0 Å². The Hall–Kier alpha value is -3.05. The number of carbonyl (C=O) groups is 1. The number of fused-ring (bicyclic) bond motifs is 4. The van der Waals surface area contributed by atoms with E-state index in [1.807, 2.05) is 6.07 Å². The number of benzene rings is 2. The van der Waals surface area contributed by atoms with Crippen molar-refractivity contribution >= 4 is 27.8 Å². The molecule has 2 aliphatic rings. The molecule has 4 aromatic rings.